The number of hydrogen-bond donors (Lipinski definition) is 1. The topological polar surface area (TPSA) is 101 Å². The van der Waals surface area contributed by atoms with Gasteiger partial charge in [0.25, 0.3) is 11.7 Å². The SMILES string of the molecule is COc1ccc(-c2nc3c([nH]2)CN(C(=O)C(=O)c2cccnc2)CC3)cn1. The molecule has 0 fully saturated rings. The molecule has 1 amide bonds. The minimum Gasteiger partial charge on any atom is -0.481 e. The molecule has 0 unspecified atom stereocenters. The molecule has 0 radical (unpaired) electrons. The number of hydrogen-bond acceptors (Lipinski definition) is 6. The molecule has 0 bridgehead atoms. The van der Waals surface area contributed by atoms with Crippen LogP contribution >= 0.6 is 0 Å². The molecule has 0 spiro atoms. The first-order chi connectivity index (χ1) is 13.2. The van der Waals surface area contributed by atoms with Crippen molar-refractivity contribution in [1.29, 1.82) is 0 Å². The molecule has 4 rings (SSSR count). The van der Waals surface area contributed by atoms with E-state index < -0.39 is 11.7 Å². The maximum Gasteiger partial charge on any atom is 0.295 e. The van der Waals surface area contributed by atoms with Crippen molar-refractivity contribution in [1.82, 2.24) is 24.8 Å². The normalized spacial score (nSPS) is 13.1. The van der Waals surface area contributed by atoms with Crippen LogP contribution in [0.4, 0.5) is 0 Å². The van der Waals surface area contributed by atoms with Crippen LogP contribution in [0, 0.1) is 0 Å². The Morgan fingerprint density at radius 3 is 2.81 bits per heavy atom. The van der Waals surface area contributed by atoms with Crippen molar-refractivity contribution in [2.45, 2.75) is 13.0 Å². The van der Waals surface area contributed by atoms with Gasteiger partial charge in [-0.15, -0.1) is 0 Å². The number of nitrogens with zero attached hydrogens (tertiary/aromatic N) is 4. The summed E-state index contributed by atoms with van der Waals surface area (Å²) in [5.41, 5.74) is 2.86. The van der Waals surface area contributed by atoms with E-state index in [1.165, 1.54) is 11.1 Å². The van der Waals surface area contributed by atoms with E-state index in [0.717, 1.165) is 17.0 Å². The number of fused-ring (bicyclic) bond motifs is 1. The lowest BCUT2D eigenvalue weighted by Gasteiger charge is -2.25. The molecule has 1 aliphatic rings. The molecule has 1 N–H and O–H groups in total. The van der Waals surface area contributed by atoms with Crippen LogP contribution in [0.2, 0.25) is 0 Å². The van der Waals surface area contributed by atoms with Crippen LogP contribution in [-0.2, 0) is 17.8 Å². The van der Waals surface area contributed by atoms with Crippen molar-refractivity contribution in [3.05, 3.63) is 59.8 Å². The van der Waals surface area contributed by atoms with E-state index in [2.05, 4.69) is 19.9 Å². The minimum atomic E-state index is -0.550. The quantitative estimate of drug-likeness (QED) is 0.559. The molecule has 8 heteroatoms. The number of carbonyl (C=O) groups is 2. The van der Waals surface area contributed by atoms with Gasteiger partial charge < -0.3 is 14.6 Å². The third-order valence-electron chi connectivity index (χ3n) is 4.46. The molecule has 0 atom stereocenters. The zero-order valence-corrected chi connectivity index (χ0v) is 14.7. The number of H-pyrrole nitrogens is 1. The number of imidazole rings is 1. The first kappa shape index (κ1) is 16.9. The molecular weight excluding hydrogens is 346 g/mol. The highest BCUT2D eigenvalue weighted by atomic mass is 16.5. The van der Waals surface area contributed by atoms with Gasteiger partial charge in [-0.3, -0.25) is 14.6 Å². The van der Waals surface area contributed by atoms with Gasteiger partial charge in [0.05, 0.1) is 25.0 Å². The molecule has 3 aromatic heterocycles. The first-order valence-electron chi connectivity index (χ1n) is 8.47. The summed E-state index contributed by atoms with van der Waals surface area (Å²) in [7, 11) is 1.56. The van der Waals surface area contributed by atoms with Crippen molar-refractivity contribution >= 4 is 11.7 Å². The Bertz CT molecular complexity index is 982. The Balaban J connectivity index is 1.52. The van der Waals surface area contributed by atoms with Crippen molar-refractivity contribution < 1.29 is 14.3 Å². The monoisotopic (exact) mass is 363 g/mol. The maximum atomic E-state index is 12.5. The summed E-state index contributed by atoms with van der Waals surface area (Å²) >= 11 is 0. The summed E-state index contributed by atoms with van der Waals surface area (Å²) in [6, 6.07) is 6.86. The summed E-state index contributed by atoms with van der Waals surface area (Å²) in [6.07, 6.45) is 5.23. The van der Waals surface area contributed by atoms with Gasteiger partial charge in [0.2, 0.25) is 5.88 Å². The van der Waals surface area contributed by atoms with Gasteiger partial charge in [0.1, 0.15) is 5.82 Å². The van der Waals surface area contributed by atoms with E-state index in [1.807, 2.05) is 6.07 Å². The zero-order chi connectivity index (χ0) is 18.8. The highest BCUT2D eigenvalue weighted by molar-refractivity contribution is 6.42. The number of nitrogens with one attached hydrogen (secondary N) is 1. The number of aromatic amines is 1. The molecule has 4 heterocycles. The number of ketones is 1. The van der Waals surface area contributed by atoms with Crippen LogP contribution in [0.25, 0.3) is 11.4 Å². The lowest BCUT2D eigenvalue weighted by atomic mass is 10.1. The smallest absolute Gasteiger partial charge is 0.295 e. The van der Waals surface area contributed by atoms with E-state index >= 15 is 0 Å². The number of amides is 1. The molecule has 0 aromatic carbocycles. The van der Waals surface area contributed by atoms with Crippen LogP contribution < -0.4 is 4.74 Å². The summed E-state index contributed by atoms with van der Waals surface area (Å²) in [6.45, 7) is 0.764. The van der Waals surface area contributed by atoms with Gasteiger partial charge in [-0.05, 0) is 18.2 Å². The predicted molar refractivity (Wildman–Crippen MR) is 96.1 cm³/mol. The van der Waals surface area contributed by atoms with Crippen LogP contribution in [0.15, 0.2) is 42.9 Å². The Labute approximate surface area is 155 Å². The van der Waals surface area contributed by atoms with Crippen molar-refractivity contribution in [3.8, 4) is 17.3 Å². The molecule has 0 aliphatic carbocycles. The highest BCUT2D eigenvalue weighted by Crippen LogP contribution is 2.23. The van der Waals surface area contributed by atoms with E-state index in [9.17, 15) is 9.59 Å². The van der Waals surface area contributed by atoms with Gasteiger partial charge in [-0.25, -0.2) is 9.97 Å². The summed E-state index contributed by atoms with van der Waals surface area (Å²) in [5, 5.41) is 0. The number of Topliss-reactive ketones (excluding diaryl/α,β-unsaturated/α-hetero) is 1. The van der Waals surface area contributed by atoms with Crippen LogP contribution in [0.3, 0.4) is 0 Å². The van der Waals surface area contributed by atoms with E-state index in [1.54, 1.807) is 37.7 Å². The number of pyridine rings is 2. The predicted octanol–water partition coefficient (Wildman–Crippen LogP) is 1.64. The Morgan fingerprint density at radius 1 is 1.22 bits per heavy atom. The average Bonchev–Trinajstić information content (AvgIpc) is 3.16. The fourth-order valence-corrected chi connectivity index (χ4v) is 3.01. The molecule has 0 saturated carbocycles. The van der Waals surface area contributed by atoms with Crippen LogP contribution in [-0.4, -0.2) is 50.2 Å². The van der Waals surface area contributed by atoms with Crippen LogP contribution in [0.1, 0.15) is 21.7 Å². The van der Waals surface area contributed by atoms with E-state index in [0.29, 0.717) is 36.8 Å². The fraction of sp³-hybridized carbons (Fsp3) is 0.211. The van der Waals surface area contributed by atoms with Gasteiger partial charge in [0.15, 0.2) is 0 Å². The third-order valence-corrected chi connectivity index (χ3v) is 4.46. The van der Waals surface area contributed by atoms with Gasteiger partial charge in [-0.1, -0.05) is 0 Å². The van der Waals surface area contributed by atoms with Crippen LogP contribution in [0.5, 0.6) is 5.88 Å². The second kappa shape index (κ2) is 6.99. The molecule has 136 valence electrons. The summed E-state index contributed by atoms with van der Waals surface area (Å²) in [4.78, 5) is 42.4. The highest BCUT2D eigenvalue weighted by Gasteiger charge is 2.28. The largest absolute Gasteiger partial charge is 0.481 e. The minimum absolute atomic E-state index is 0.294. The molecule has 27 heavy (non-hydrogen) atoms. The van der Waals surface area contributed by atoms with Gasteiger partial charge in [0, 0.05) is 48.7 Å². The first-order valence-corrected chi connectivity index (χ1v) is 8.47. The molecule has 1 aliphatic heterocycles. The number of ether oxygens (including phenoxy) is 1. The van der Waals surface area contributed by atoms with Gasteiger partial charge in [-0.2, -0.15) is 0 Å². The Hall–Kier alpha value is -3.55. The maximum absolute atomic E-state index is 12.5. The third kappa shape index (κ3) is 3.29. The second-order valence-corrected chi connectivity index (χ2v) is 6.15. The molecule has 8 nitrogen and oxygen atoms in total. The molecular formula is C19H17N5O3. The lowest BCUT2D eigenvalue weighted by molar-refractivity contribution is -0.127. The fourth-order valence-electron chi connectivity index (χ4n) is 3.01. The van der Waals surface area contributed by atoms with E-state index in [-0.39, 0.29) is 0 Å². The summed E-state index contributed by atoms with van der Waals surface area (Å²) in [5.74, 6) is 0.130. The standard InChI is InChI=1S/C19H17N5O3/c1-27-16-5-4-13(10-21-16)18-22-14-6-8-24(11-15(14)23-18)19(26)17(25)12-3-2-7-20-9-12/h2-5,7,9-10H,6,8,11H2,1H3,(H,22,23). The number of aromatic nitrogens is 4. The Kier molecular flexibility index (Phi) is 4.37. The molecule has 0 saturated heterocycles. The number of carbonyl (C=O) groups excluding carboxylic acids is 2. The number of methoxy groups -OCH3 is 1. The number of rotatable bonds is 4. The average molecular weight is 363 g/mol. The van der Waals surface area contributed by atoms with Crippen molar-refractivity contribution in [2.75, 3.05) is 13.7 Å². The van der Waals surface area contributed by atoms with Crippen molar-refractivity contribution in [2.24, 2.45) is 0 Å². The van der Waals surface area contributed by atoms with Gasteiger partial charge >= 0.3 is 0 Å². The molecule has 3 aromatic rings. The lowest BCUT2D eigenvalue weighted by Crippen LogP contribution is -2.40. The summed E-state index contributed by atoms with van der Waals surface area (Å²) < 4.78 is 5.06. The van der Waals surface area contributed by atoms with Crippen molar-refractivity contribution in [3.63, 3.8) is 0 Å². The Morgan fingerprint density at radius 2 is 2.11 bits per heavy atom. The van der Waals surface area contributed by atoms with E-state index in [4.69, 9.17) is 4.74 Å². The second-order valence-electron chi connectivity index (χ2n) is 6.15. The zero-order valence-electron chi connectivity index (χ0n) is 14.7.